The Hall–Kier alpha value is -3.36. The SMILES string of the molecule is COc1ccc(C=Nc2nn(S(=O)(=O)c3ccccc3)c(SC)c2-c2ccccc2)cc1. The van der Waals surface area contributed by atoms with Gasteiger partial charge in [-0.3, -0.25) is 0 Å². The number of nitrogens with zero attached hydrogens (tertiary/aromatic N) is 3. The topological polar surface area (TPSA) is 73.6 Å². The van der Waals surface area contributed by atoms with E-state index in [1.54, 1.807) is 43.7 Å². The monoisotopic (exact) mass is 463 g/mol. The maximum absolute atomic E-state index is 13.4. The molecule has 0 saturated carbocycles. The summed E-state index contributed by atoms with van der Waals surface area (Å²) in [6, 6.07) is 25.3. The molecule has 0 amide bonds. The van der Waals surface area contributed by atoms with Crippen LogP contribution >= 0.6 is 11.8 Å². The summed E-state index contributed by atoms with van der Waals surface area (Å²) in [6.07, 6.45) is 3.50. The summed E-state index contributed by atoms with van der Waals surface area (Å²) < 4.78 is 33.0. The molecule has 6 nitrogen and oxygen atoms in total. The van der Waals surface area contributed by atoms with E-state index >= 15 is 0 Å². The van der Waals surface area contributed by atoms with Gasteiger partial charge in [0.15, 0.2) is 5.82 Å². The zero-order valence-electron chi connectivity index (χ0n) is 17.5. The van der Waals surface area contributed by atoms with Crippen LogP contribution in [-0.2, 0) is 10.0 Å². The lowest BCUT2D eigenvalue weighted by Gasteiger charge is -2.08. The van der Waals surface area contributed by atoms with Crippen molar-refractivity contribution in [1.82, 2.24) is 9.19 Å². The number of methoxy groups -OCH3 is 1. The Labute approximate surface area is 191 Å². The van der Waals surface area contributed by atoms with Crippen LogP contribution in [0.1, 0.15) is 5.56 Å². The lowest BCUT2D eigenvalue weighted by Crippen LogP contribution is -2.15. The summed E-state index contributed by atoms with van der Waals surface area (Å²) >= 11 is 1.32. The number of aliphatic imine (C=N–C) groups is 1. The second-order valence-electron chi connectivity index (χ2n) is 6.77. The van der Waals surface area contributed by atoms with Crippen molar-refractivity contribution in [3.05, 3.63) is 90.5 Å². The van der Waals surface area contributed by atoms with Crippen LogP contribution in [0.5, 0.6) is 5.75 Å². The van der Waals surface area contributed by atoms with Crippen LogP contribution in [0, 0.1) is 0 Å². The average Bonchev–Trinajstić information content (AvgIpc) is 3.23. The molecule has 0 fully saturated rings. The van der Waals surface area contributed by atoms with Gasteiger partial charge >= 0.3 is 0 Å². The Morgan fingerprint density at radius 1 is 0.938 bits per heavy atom. The summed E-state index contributed by atoms with van der Waals surface area (Å²) in [5.74, 6) is 1.07. The molecule has 8 heteroatoms. The van der Waals surface area contributed by atoms with Crippen molar-refractivity contribution in [1.29, 1.82) is 0 Å². The smallest absolute Gasteiger partial charge is 0.284 e. The van der Waals surface area contributed by atoms with Gasteiger partial charge in [-0.2, -0.15) is 8.42 Å². The Kier molecular flexibility index (Phi) is 6.43. The van der Waals surface area contributed by atoms with Gasteiger partial charge in [0.25, 0.3) is 10.0 Å². The van der Waals surface area contributed by atoms with E-state index in [1.807, 2.05) is 60.9 Å². The van der Waals surface area contributed by atoms with Crippen molar-refractivity contribution >= 4 is 33.8 Å². The fourth-order valence-corrected chi connectivity index (χ4v) is 5.50. The minimum atomic E-state index is -3.89. The van der Waals surface area contributed by atoms with Crippen molar-refractivity contribution in [3.8, 4) is 16.9 Å². The van der Waals surface area contributed by atoms with E-state index in [0.29, 0.717) is 16.4 Å². The summed E-state index contributed by atoms with van der Waals surface area (Å²) in [5, 5.41) is 4.94. The summed E-state index contributed by atoms with van der Waals surface area (Å²) in [4.78, 5) is 4.74. The van der Waals surface area contributed by atoms with Gasteiger partial charge in [-0.1, -0.05) is 48.5 Å². The molecule has 0 spiro atoms. The number of hydrogen-bond donors (Lipinski definition) is 0. The first-order chi connectivity index (χ1) is 15.5. The molecule has 0 radical (unpaired) electrons. The van der Waals surface area contributed by atoms with E-state index in [4.69, 9.17) is 4.74 Å². The molecule has 0 unspecified atom stereocenters. The molecule has 0 N–H and O–H groups in total. The molecule has 0 aliphatic heterocycles. The lowest BCUT2D eigenvalue weighted by atomic mass is 10.1. The minimum Gasteiger partial charge on any atom is -0.497 e. The second-order valence-corrected chi connectivity index (χ2v) is 9.33. The molecular formula is C24H21N3O3S2. The fraction of sp³-hybridized carbons (Fsp3) is 0.0833. The maximum atomic E-state index is 13.4. The predicted molar refractivity (Wildman–Crippen MR) is 129 cm³/mol. The molecule has 0 bridgehead atoms. The molecule has 3 aromatic carbocycles. The standard InChI is InChI=1S/C24H21N3O3S2/c1-30-20-15-13-18(14-16-20)17-25-23-22(19-9-5-3-6-10-19)24(31-2)27(26-23)32(28,29)21-11-7-4-8-12-21/h3-17H,1-2H3. The van der Waals surface area contributed by atoms with Gasteiger partial charge in [0.1, 0.15) is 10.8 Å². The first-order valence-corrected chi connectivity index (χ1v) is 12.4. The van der Waals surface area contributed by atoms with Crippen LogP contribution in [0.3, 0.4) is 0 Å². The number of thioether (sulfide) groups is 1. The highest BCUT2D eigenvalue weighted by Crippen LogP contribution is 2.39. The van der Waals surface area contributed by atoms with E-state index in [1.165, 1.54) is 11.8 Å². The van der Waals surface area contributed by atoms with E-state index < -0.39 is 10.0 Å². The highest BCUT2D eigenvalue weighted by Gasteiger charge is 2.27. The van der Waals surface area contributed by atoms with E-state index in [0.717, 1.165) is 21.0 Å². The van der Waals surface area contributed by atoms with Gasteiger partial charge in [0.05, 0.1) is 17.6 Å². The Morgan fingerprint density at radius 3 is 2.16 bits per heavy atom. The predicted octanol–water partition coefficient (Wildman–Crippen LogP) is 5.27. The molecule has 1 heterocycles. The second kappa shape index (κ2) is 9.42. The third kappa shape index (κ3) is 4.32. The van der Waals surface area contributed by atoms with Gasteiger partial charge in [-0.25, -0.2) is 4.99 Å². The van der Waals surface area contributed by atoms with E-state index in [2.05, 4.69) is 10.1 Å². The zero-order valence-corrected chi connectivity index (χ0v) is 19.2. The maximum Gasteiger partial charge on any atom is 0.284 e. The van der Waals surface area contributed by atoms with Crippen molar-refractivity contribution in [2.24, 2.45) is 4.99 Å². The van der Waals surface area contributed by atoms with Gasteiger partial charge in [-0.15, -0.1) is 20.9 Å². The normalized spacial score (nSPS) is 11.7. The first-order valence-electron chi connectivity index (χ1n) is 9.76. The summed E-state index contributed by atoms with van der Waals surface area (Å²) in [6.45, 7) is 0. The molecule has 0 aliphatic rings. The first kappa shape index (κ1) is 21.9. The van der Waals surface area contributed by atoms with Crippen LogP contribution in [0.2, 0.25) is 0 Å². The number of aromatic nitrogens is 2. The molecule has 1 aromatic heterocycles. The van der Waals surface area contributed by atoms with Crippen molar-refractivity contribution in [2.75, 3.05) is 13.4 Å². The third-order valence-electron chi connectivity index (χ3n) is 4.77. The molecule has 162 valence electrons. The van der Waals surface area contributed by atoms with E-state index in [-0.39, 0.29) is 4.90 Å². The molecular weight excluding hydrogens is 442 g/mol. The molecule has 0 aliphatic carbocycles. The zero-order chi connectivity index (χ0) is 22.6. The van der Waals surface area contributed by atoms with Gasteiger partial charge < -0.3 is 4.74 Å². The van der Waals surface area contributed by atoms with Crippen LogP contribution in [-0.4, -0.2) is 37.2 Å². The number of ether oxygens (including phenoxy) is 1. The van der Waals surface area contributed by atoms with Crippen molar-refractivity contribution in [3.63, 3.8) is 0 Å². The third-order valence-corrected chi connectivity index (χ3v) is 7.24. The van der Waals surface area contributed by atoms with Crippen LogP contribution in [0.4, 0.5) is 5.82 Å². The number of rotatable bonds is 7. The quantitative estimate of drug-likeness (QED) is 0.276. The average molecular weight is 464 g/mol. The van der Waals surface area contributed by atoms with Gasteiger partial charge in [0.2, 0.25) is 0 Å². The minimum absolute atomic E-state index is 0.170. The number of hydrogen-bond acceptors (Lipinski definition) is 6. The van der Waals surface area contributed by atoms with Crippen molar-refractivity contribution < 1.29 is 13.2 Å². The van der Waals surface area contributed by atoms with Gasteiger partial charge in [-0.05, 0) is 53.8 Å². The molecule has 0 saturated heterocycles. The summed E-state index contributed by atoms with van der Waals surface area (Å²) in [5.41, 5.74) is 2.35. The van der Waals surface area contributed by atoms with Crippen LogP contribution < -0.4 is 4.74 Å². The summed E-state index contributed by atoms with van der Waals surface area (Å²) in [7, 11) is -2.28. The Morgan fingerprint density at radius 2 is 1.56 bits per heavy atom. The van der Waals surface area contributed by atoms with Crippen LogP contribution in [0.25, 0.3) is 11.1 Å². The van der Waals surface area contributed by atoms with Crippen LogP contribution in [0.15, 0.2) is 99.8 Å². The fourth-order valence-electron chi connectivity index (χ4n) is 3.18. The molecule has 0 atom stereocenters. The highest BCUT2D eigenvalue weighted by atomic mass is 32.2. The van der Waals surface area contributed by atoms with Gasteiger partial charge in [0, 0.05) is 6.21 Å². The molecule has 4 rings (SSSR count). The Bertz CT molecular complexity index is 1330. The largest absolute Gasteiger partial charge is 0.497 e. The van der Waals surface area contributed by atoms with Crippen molar-refractivity contribution in [2.45, 2.75) is 9.92 Å². The lowest BCUT2D eigenvalue weighted by molar-refractivity contribution is 0.415. The number of benzene rings is 3. The highest BCUT2D eigenvalue weighted by molar-refractivity contribution is 7.99. The molecule has 32 heavy (non-hydrogen) atoms. The van der Waals surface area contributed by atoms with E-state index in [9.17, 15) is 8.42 Å². The Balaban J connectivity index is 1.88. The molecule has 4 aromatic rings.